The first-order valence-corrected chi connectivity index (χ1v) is 9.03. The molecule has 1 atom stereocenters. The van der Waals surface area contributed by atoms with Gasteiger partial charge in [0.1, 0.15) is 0 Å². The van der Waals surface area contributed by atoms with E-state index in [-0.39, 0.29) is 6.10 Å². The van der Waals surface area contributed by atoms with Gasteiger partial charge in [-0.1, -0.05) is 77.6 Å². The Morgan fingerprint density at radius 3 is 1.55 bits per heavy atom. The zero-order chi connectivity index (χ0) is 15.1. The number of nitrogens with zero attached hydrogens (tertiary/aromatic N) is 1. The number of aliphatic hydroxyl groups excluding tert-OH is 1. The molecule has 122 valence electrons. The lowest BCUT2D eigenvalue weighted by atomic mass is 10.1. The van der Waals surface area contributed by atoms with E-state index in [1.807, 2.05) is 6.92 Å². The molecule has 0 amide bonds. The van der Waals surface area contributed by atoms with Gasteiger partial charge in [0.25, 0.3) is 0 Å². The summed E-state index contributed by atoms with van der Waals surface area (Å²) in [4.78, 5) is 2.24. The Hall–Kier alpha value is -0.0800. The molecule has 0 aliphatic heterocycles. The van der Waals surface area contributed by atoms with Gasteiger partial charge in [-0.15, -0.1) is 0 Å². The van der Waals surface area contributed by atoms with Gasteiger partial charge in [0.2, 0.25) is 0 Å². The second kappa shape index (κ2) is 15.3. The van der Waals surface area contributed by atoms with Crippen LogP contribution in [-0.2, 0) is 0 Å². The van der Waals surface area contributed by atoms with Crippen molar-refractivity contribution in [1.82, 2.24) is 4.90 Å². The summed E-state index contributed by atoms with van der Waals surface area (Å²) in [5.74, 6) is 0. The van der Waals surface area contributed by atoms with Crippen LogP contribution in [0.5, 0.6) is 0 Å². The van der Waals surface area contributed by atoms with Gasteiger partial charge in [-0.2, -0.15) is 0 Å². The molecule has 0 saturated heterocycles. The minimum Gasteiger partial charge on any atom is -0.392 e. The number of hydrogen-bond donors (Lipinski definition) is 1. The first-order valence-electron chi connectivity index (χ1n) is 9.03. The van der Waals surface area contributed by atoms with Crippen molar-refractivity contribution in [3.05, 3.63) is 0 Å². The van der Waals surface area contributed by atoms with E-state index < -0.39 is 0 Å². The van der Waals surface area contributed by atoms with Gasteiger partial charge in [-0.05, 0) is 26.9 Å². The third-order valence-electron chi connectivity index (χ3n) is 3.97. The topological polar surface area (TPSA) is 23.5 Å². The van der Waals surface area contributed by atoms with Crippen molar-refractivity contribution in [3.63, 3.8) is 0 Å². The number of likely N-dealkylation sites (N-methyl/N-ethyl adjacent to an activating group) is 1. The lowest BCUT2D eigenvalue weighted by Gasteiger charge is -2.17. The van der Waals surface area contributed by atoms with Crippen LogP contribution in [0.25, 0.3) is 0 Å². The van der Waals surface area contributed by atoms with Crippen molar-refractivity contribution < 1.29 is 5.11 Å². The van der Waals surface area contributed by atoms with Gasteiger partial charge in [-0.25, -0.2) is 0 Å². The Morgan fingerprint density at radius 2 is 1.15 bits per heavy atom. The Morgan fingerprint density at radius 1 is 0.750 bits per heavy atom. The average molecular weight is 286 g/mol. The predicted molar refractivity (Wildman–Crippen MR) is 90.3 cm³/mol. The standard InChI is InChI=1S/C18H39NO/c1-4-5-6-7-8-9-10-11-12-13-14-15-16-19(3)17-18(2)20/h18,20H,4-17H2,1-3H3. The van der Waals surface area contributed by atoms with Crippen LogP contribution >= 0.6 is 0 Å². The molecule has 0 radical (unpaired) electrons. The third-order valence-corrected chi connectivity index (χ3v) is 3.97. The molecule has 1 unspecified atom stereocenters. The van der Waals surface area contributed by atoms with Gasteiger partial charge in [0.15, 0.2) is 0 Å². The second-order valence-corrected chi connectivity index (χ2v) is 6.50. The molecule has 0 bridgehead atoms. The van der Waals surface area contributed by atoms with Crippen LogP contribution in [0.3, 0.4) is 0 Å². The Balaban J connectivity index is 3.06. The summed E-state index contributed by atoms with van der Waals surface area (Å²) in [5.41, 5.74) is 0. The molecule has 0 aliphatic carbocycles. The van der Waals surface area contributed by atoms with Crippen LogP contribution in [-0.4, -0.2) is 36.2 Å². The smallest absolute Gasteiger partial charge is 0.0638 e. The van der Waals surface area contributed by atoms with E-state index in [2.05, 4.69) is 18.9 Å². The molecule has 0 aliphatic rings. The highest BCUT2D eigenvalue weighted by molar-refractivity contribution is 4.56. The Labute approximate surface area is 127 Å². The maximum absolute atomic E-state index is 9.27. The second-order valence-electron chi connectivity index (χ2n) is 6.50. The van der Waals surface area contributed by atoms with E-state index >= 15 is 0 Å². The average Bonchev–Trinajstić information content (AvgIpc) is 2.39. The normalized spacial score (nSPS) is 13.1. The molecule has 0 spiro atoms. The molecular formula is C18H39NO. The minimum absolute atomic E-state index is 0.197. The molecule has 0 saturated carbocycles. The van der Waals surface area contributed by atoms with Crippen molar-refractivity contribution in [2.24, 2.45) is 0 Å². The van der Waals surface area contributed by atoms with E-state index in [4.69, 9.17) is 0 Å². The zero-order valence-corrected chi connectivity index (χ0v) is 14.4. The van der Waals surface area contributed by atoms with Crippen LogP contribution in [0.2, 0.25) is 0 Å². The highest BCUT2D eigenvalue weighted by atomic mass is 16.3. The summed E-state index contributed by atoms with van der Waals surface area (Å²) in [5, 5.41) is 9.27. The summed E-state index contributed by atoms with van der Waals surface area (Å²) in [6.07, 6.45) is 16.7. The van der Waals surface area contributed by atoms with Crippen molar-refractivity contribution in [1.29, 1.82) is 0 Å². The molecule has 0 rings (SSSR count). The predicted octanol–water partition coefficient (Wildman–Crippen LogP) is 5.00. The summed E-state index contributed by atoms with van der Waals surface area (Å²) in [6.45, 7) is 6.07. The number of rotatable bonds is 15. The lowest BCUT2D eigenvalue weighted by molar-refractivity contribution is 0.140. The molecule has 2 heteroatoms. The molecule has 0 heterocycles. The maximum Gasteiger partial charge on any atom is 0.0638 e. The van der Waals surface area contributed by atoms with Gasteiger partial charge in [0.05, 0.1) is 6.10 Å². The fourth-order valence-electron chi connectivity index (χ4n) is 2.77. The summed E-state index contributed by atoms with van der Waals surface area (Å²) in [7, 11) is 2.10. The van der Waals surface area contributed by atoms with Gasteiger partial charge in [0, 0.05) is 6.54 Å². The van der Waals surface area contributed by atoms with Crippen molar-refractivity contribution >= 4 is 0 Å². The summed E-state index contributed by atoms with van der Waals surface area (Å²) in [6, 6.07) is 0. The first kappa shape index (κ1) is 19.9. The van der Waals surface area contributed by atoms with E-state index in [9.17, 15) is 5.11 Å². The number of aliphatic hydroxyl groups is 1. The molecule has 0 aromatic heterocycles. The van der Waals surface area contributed by atoms with E-state index in [1.54, 1.807) is 0 Å². The molecule has 1 N–H and O–H groups in total. The number of unbranched alkanes of at least 4 members (excludes halogenated alkanes) is 11. The summed E-state index contributed by atoms with van der Waals surface area (Å²) < 4.78 is 0. The number of hydrogen-bond acceptors (Lipinski definition) is 2. The van der Waals surface area contributed by atoms with Crippen molar-refractivity contribution in [3.8, 4) is 0 Å². The Bertz CT molecular complexity index is 182. The Kier molecular flexibility index (Phi) is 15.3. The monoisotopic (exact) mass is 285 g/mol. The summed E-state index contributed by atoms with van der Waals surface area (Å²) >= 11 is 0. The third kappa shape index (κ3) is 16.0. The minimum atomic E-state index is -0.197. The first-order chi connectivity index (χ1) is 9.66. The van der Waals surface area contributed by atoms with Crippen LogP contribution in [0.4, 0.5) is 0 Å². The zero-order valence-electron chi connectivity index (χ0n) is 14.4. The van der Waals surface area contributed by atoms with Gasteiger partial charge >= 0.3 is 0 Å². The quantitative estimate of drug-likeness (QED) is 0.428. The van der Waals surface area contributed by atoms with Crippen LogP contribution in [0, 0.1) is 0 Å². The van der Waals surface area contributed by atoms with E-state index in [1.165, 1.54) is 77.0 Å². The SMILES string of the molecule is CCCCCCCCCCCCCCN(C)CC(C)O. The maximum atomic E-state index is 9.27. The van der Waals surface area contributed by atoms with Crippen LogP contribution in [0.1, 0.15) is 90.9 Å². The molecule has 0 aromatic carbocycles. The molecule has 20 heavy (non-hydrogen) atoms. The van der Waals surface area contributed by atoms with Gasteiger partial charge in [-0.3, -0.25) is 0 Å². The van der Waals surface area contributed by atoms with Crippen LogP contribution < -0.4 is 0 Å². The molecule has 2 nitrogen and oxygen atoms in total. The van der Waals surface area contributed by atoms with E-state index in [0.29, 0.717) is 0 Å². The van der Waals surface area contributed by atoms with Crippen molar-refractivity contribution in [2.75, 3.05) is 20.1 Å². The van der Waals surface area contributed by atoms with E-state index in [0.717, 1.165) is 13.1 Å². The van der Waals surface area contributed by atoms with Crippen LogP contribution in [0.15, 0.2) is 0 Å². The largest absolute Gasteiger partial charge is 0.392 e. The fourth-order valence-corrected chi connectivity index (χ4v) is 2.77. The molecule has 0 aromatic rings. The highest BCUT2D eigenvalue weighted by Gasteiger charge is 2.01. The highest BCUT2D eigenvalue weighted by Crippen LogP contribution is 2.12. The van der Waals surface area contributed by atoms with Gasteiger partial charge < -0.3 is 10.0 Å². The molecular weight excluding hydrogens is 246 g/mol. The lowest BCUT2D eigenvalue weighted by Crippen LogP contribution is -2.28. The fraction of sp³-hybridized carbons (Fsp3) is 1.00. The van der Waals surface area contributed by atoms with Crippen molar-refractivity contribution in [2.45, 2.75) is 97.0 Å². The molecule has 0 fully saturated rings.